The van der Waals surface area contributed by atoms with Gasteiger partial charge in [-0.05, 0) is 24.5 Å². The summed E-state index contributed by atoms with van der Waals surface area (Å²) in [7, 11) is 0. The van der Waals surface area contributed by atoms with Crippen molar-refractivity contribution >= 4 is 5.91 Å². The zero-order valence-electron chi connectivity index (χ0n) is 11.5. The minimum Gasteiger partial charge on any atom is -0.373 e. The van der Waals surface area contributed by atoms with Crippen molar-refractivity contribution in [2.24, 2.45) is 5.73 Å². The monoisotopic (exact) mass is 262 g/mol. The van der Waals surface area contributed by atoms with E-state index in [0.29, 0.717) is 32.7 Å². The molecule has 0 spiro atoms. The highest BCUT2D eigenvalue weighted by atomic mass is 16.5. The van der Waals surface area contributed by atoms with Gasteiger partial charge in [-0.1, -0.05) is 24.3 Å². The van der Waals surface area contributed by atoms with Gasteiger partial charge in [0, 0.05) is 26.1 Å². The third-order valence-corrected chi connectivity index (χ3v) is 3.62. The van der Waals surface area contributed by atoms with Crippen molar-refractivity contribution in [2.45, 2.75) is 25.9 Å². The van der Waals surface area contributed by atoms with E-state index >= 15 is 0 Å². The Morgan fingerprint density at radius 3 is 3.00 bits per heavy atom. The standard InChI is InChI=1S/C15H22N2O2/c1-12-4-2-3-5-13(12)6-7-15(18)17-8-9-19-14(10-16)11-17/h2-5,14H,6-11,16H2,1H3. The van der Waals surface area contributed by atoms with E-state index in [0.717, 1.165) is 6.42 Å². The molecule has 1 aliphatic heterocycles. The highest BCUT2D eigenvalue weighted by molar-refractivity contribution is 5.76. The van der Waals surface area contributed by atoms with E-state index in [1.54, 1.807) is 0 Å². The lowest BCUT2D eigenvalue weighted by atomic mass is 10.0. The van der Waals surface area contributed by atoms with Gasteiger partial charge in [0.2, 0.25) is 5.91 Å². The number of nitrogens with two attached hydrogens (primary N) is 1. The average molecular weight is 262 g/mol. The van der Waals surface area contributed by atoms with Gasteiger partial charge < -0.3 is 15.4 Å². The minimum atomic E-state index is -0.00355. The maximum absolute atomic E-state index is 12.2. The van der Waals surface area contributed by atoms with Crippen LogP contribution in [0.3, 0.4) is 0 Å². The van der Waals surface area contributed by atoms with Crippen molar-refractivity contribution in [1.29, 1.82) is 0 Å². The molecule has 2 N–H and O–H groups in total. The molecule has 1 aromatic rings. The van der Waals surface area contributed by atoms with Crippen LogP contribution in [-0.4, -0.2) is 43.2 Å². The maximum atomic E-state index is 12.2. The Bertz CT molecular complexity index is 434. The second-order valence-corrected chi connectivity index (χ2v) is 4.99. The Hall–Kier alpha value is -1.39. The average Bonchev–Trinajstić information content (AvgIpc) is 2.46. The third-order valence-electron chi connectivity index (χ3n) is 3.62. The van der Waals surface area contributed by atoms with Crippen LogP contribution in [0.15, 0.2) is 24.3 Å². The van der Waals surface area contributed by atoms with Crippen LogP contribution >= 0.6 is 0 Å². The SMILES string of the molecule is Cc1ccccc1CCC(=O)N1CCOC(CN)C1. The van der Waals surface area contributed by atoms with Crippen molar-refractivity contribution in [3.63, 3.8) is 0 Å². The molecule has 0 radical (unpaired) electrons. The molecule has 0 aliphatic carbocycles. The number of aryl methyl sites for hydroxylation is 2. The van der Waals surface area contributed by atoms with Gasteiger partial charge in [-0.3, -0.25) is 4.79 Å². The van der Waals surface area contributed by atoms with E-state index in [9.17, 15) is 4.79 Å². The zero-order valence-corrected chi connectivity index (χ0v) is 11.5. The number of hydrogen-bond acceptors (Lipinski definition) is 3. The highest BCUT2D eigenvalue weighted by Gasteiger charge is 2.22. The zero-order chi connectivity index (χ0) is 13.7. The molecule has 1 saturated heterocycles. The molecule has 4 nitrogen and oxygen atoms in total. The lowest BCUT2D eigenvalue weighted by molar-refractivity contribution is -0.138. The lowest BCUT2D eigenvalue weighted by Gasteiger charge is -2.32. The Labute approximate surface area is 114 Å². The van der Waals surface area contributed by atoms with Crippen LogP contribution in [0.4, 0.5) is 0 Å². The number of rotatable bonds is 4. The first-order chi connectivity index (χ1) is 9.20. The van der Waals surface area contributed by atoms with Crippen LogP contribution in [0.25, 0.3) is 0 Å². The number of amides is 1. The van der Waals surface area contributed by atoms with Gasteiger partial charge >= 0.3 is 0 Å². The van der Waals surface area contributed by atoms with E-state index in [2.05, 4.69) is 19.1 Å². The molecule has 104 valence electrons. The predicted octanol–water partition coefficient (Wildman–Crippen LogP) is 1.11. The number of benzene rings is 1. The summed E-state index contributed by atoms with van der Waals surface area (Å²) in [6, 6.07) is 8.21. The smallest absolute Gasteiger partial charge is 0.223 e. The molecule has 1 aromatic carbocycles. The van der Waals surface area contributed by atoms with Crippen molar-refractivity contribution in [3.05, 3.63) is 35.4 Å². The Morgan fingerprint density at radius 2 is 2.26 bits per heavy atom. The van der Waals surface area contributed by atoms with Crippen LogP contribution in [0, 0.1) is 6.92 Å². The van der Waals surface area contributed by atoms with Crippen LogP contribution < -0.4 is 5.73 Å². The summed E-state index contributed by atoms with van der Waals surface area (Å²) in [5.41, 5.74) is 8.08. The first kappa shape index (κ1) is 14.0. The summed E-state index contributed by atoms with van der Waals surface area (Å²) < 4.78 is 5.47. The first-order valence-electron chi connectivity index (χ1n) is 6.84. The molecular formula is C15H22N2O2. The second kappa shape index (κ2) is 6.68. The maximum Gasteiger partial charge on any atom is 0.223 e. The molecule has 2 rings (SSSR count). The quantitative estimate of drug-likeness (QED) is 0.884. The summed E-state index contributed by atoms with van der Waals surface area (Å²) in [4.78, 5) is 14.0. The molecule has 1 unspecified atom stereocenters. The fraction of sp³-hybridized carbons (Fsp3) is 0.533. The van der Waals surface area contributed by atoms with Gasteiger partial charge in [0.25, 0.3) is 0 Å². The summed E-state index contributed by atoms with van der Waals surface area (Å²) >= 11 is 0. The number of hydrogen-bond donors (Lipinski definition) is 1. The minimum absolute atomic E-state index is 0.00355. The van der Waals surface area contributed by atoms with Gasteiger partial charge in [0.1, 0.15) is 0 Å². The fourth-order valence-corrected chi connectivity index (χ4v) is 2.38. The number of ether oxygens (including phenoxy) is 1. The largest absolute Gasteiger partial charge is 0.373 e. The Balaban J connectivity index is 1.86. The second-order valence-electron chi connectivity index (χ2n) is 4.99. The van der Waals surface area contributed by atoms with E-state index in [1.165, 1.54) is 11.1 Å². The molecule has 1 fully saturated rings. The highest BCUT2D eigenvalue weighted by Crippen LogP contribution is 2.12. The van der Waals surface area contributed by atoms with Crippen LogP contribution in [0.1, 0.15) is 17.5 Å². The van der Waals surface area contributed by atoms with E-state index in [4.69, 9.17) is 10.5 Å². The molecule has 19 heavy (non-hydrogen) atoms. The molecule has 1 heterocycles. The molecular weight excluding hydrogens is 240 g/mol. The number of carbonyl (C=O) groups is 1. The molecule has 1 aliphatic rings. The summed E-state index contributed by atoms with van der Waals surface area (Å²) in [5.74, 6) is 0.199. The van der Waals surface area contributed by atoms with Crippen LogP contribution in [-0.2, 0) is 16.0 Å². The molecule has 1 atom stereocenters. The van der Waals surface area contributed by atoms with Gasteiger partial charge in [-0.2, -0.15) is 0 Å². The van der Waals surface area contributed by atoms with Crippen molar-refractivity contribution < 1.29 is 9.53 Å². The van der Waals surface area contributed by atoms with E-state index < -0.39 is 0 Å². The molecule has 1 amide bonds. The Kier molecular flexibility index (Phi) is 4.93. The normalized spacial score (nSPS) is 19.5. The summed E-state index contributed by atoms with van der Waals surface area (Å²) in [5, 5.41) is 0. The lowest BCUT2D eigenvalue weighted by Crippen LogP contribution is -2.48. The van der Waals surface area contributed by atoms with Gasteiger partial charge in [0.15, 0.2) is 0 Å². The molecule has 4 heteroatoms. The fourth-order valence-electron chi connectivity index (χ4n) is 2.38. The third kappa shape index (κ3) is 3.78. The van der Waals surface area contributed by atoms with Crippen molar-refractivity contribution in [1.82, 2.24) is 4.90 Å². The van der Waals surface area contributed by atoms with Gasteiger partial charge in [-0.25, -0.2) is 0 Å². The Morgan fingerprint density at radius 1 is 1.47 bits per heavy atom. The topological polar surface area (TPSA) is 55.6 Å². The van der Waals surface area contributed by atoms with E-state index in [1.807, 2.05) is 17.0 Å². The van der Waals surface area contributed by atoms with Crippen LogP contribution in [0.5, 0.6) is 0 Å². The number of carbonyl (C=O) groups excluding carboxylic acids is 1. The summed E-state index contributed by atoms with van der Waals surface area (Å²) in [6.45, 7) is 4.46. The van der Waals surface area contributed by atoms with Crippen LogP contribution in [0.2, 0.25) is 0 Å². The molecule has 0 bridgehead atoms. The van der Waals surface area contributed by atoms with E-state index in [-0.39, 0.29) is 12.0 Å². The van der Waals surface area contributed by atoms with Crippen molar-refractivity contribution in [2.75, 3.05) is 26.2 Å². The van der Waals surface area contributed by atoms with Gasteiger partial charge in [0.05, 0.1) is 12.7 Å². The first-order valence-corrected chi connectivity index (χ1v) is 6.84. The molecule has 0 saturated carbocycles. The summed E-state index contributed by atoms with van der Waals surface area (Å²) in [6.07, 6.45) is 1.36. The molecule has 0 aromatic heterocycles. The number of morpholine rings is 1. The van der Waals surface area contributed by atoms with Crippen molar-refractivity contribution in [3.8, 4) is 0 Å². The van der Waals surface area contributed by atoms with Gasteiger partial charge in [-0.15, -0.1) is 0 Å². The predicted molar refractivity (Wildman–Crippen MR) is 74.9 cm³/mol. The number of nitrogens with zero attached hydrogens (tertiary/aromatic N) is 1.